The lowest BCUT2D eigenvalue weighted by Gasteiger charge is -2.23. The van der Waals surface area contributed by atoms with Gasteiger partial charge < -0.3 is 5.32 Å². The van der Waals surface area contributed by atoms with Crippen LogP contribution in [0.2, 0.25) is 0 Å². The molecule has 29 heavy (non-hydrogen) atoms. The predicted octanol–water partition coefficient (Wildman–Crippen LogP) is 4.78. The Balaban J connectivity index is 1.99. The highest BCUT2D eigenvalue weighted by Gasteiger charge is 2.26. The zero-order valence-electron chi connectivity index (χ0n) is 17.2. The fourth-order valence-electron chi connectivity index (χ4n) is 2.83. The molecular formula is C21H29FN4O2S. The Morgan fingerprint density at radius 2 is 1.83 bits per heavy atom. The molecule has 0 saturated carbocycles. The first-order valence-electron chi connectivity index (χ1n) is 10.1. The van der Waals surface area contributed by atoms with Gasteiger partial charge in [-0.3, -0.25) is 14.9 Å². The van der Waals surface area contributed by atoms with E-state index in [1.165, 1.54) is 23.5 Å². The van der Waals surface area contributed by atoms with Gasteiger partial charge in [0.1, 0.15) is 16.9 Å². The largest absolute Gasteiger partial charge is 0.344 e. The van der Waals surface area contributed by atoms with E-state index >= 15 is 0 Å². The summed E-state index contributed by atoms with van der Waals surface area (Å²) >= 11 is 1.21. The van der Waals surface area contributed by atoms with E-state index in [0.29, 0.717) is 16.6 Å². The van der Waals surface area contributed by atoms with Crippen molar-refractivity contribution in [3.63, 3.8) is 0 Å². The van der Waals surface area contributed by atoms with Crippen LogP contribution in [0, 0.1) is 11.7 Å². The Hall–Kier alpha value is -2.35. The van der Waals surface area contributed by atoms with Gasteiger partial charge in [0.25, 0.3) is 0 Å². The number of nitrogens with zero attached hydrogens (tertiary/aromatic N) is 2. The quantitative estimate of drug-likeness (QED) is 0.512. The molecule has 0 radical (unpaired) electrons. The molecular weight excluding hydrogens is 391 g/mol. The van der Waals surface area contributed by atoms with Crippen LogP contribution in [0.5, 0.6) is 0 Å². The fraction of sp³-hybridized carbons (Fsp3) is 0.524. The van der Waals surface area contributed by atoms with Crippen LogP contribution >= 0.6 is 11.3 Å². The van der Waals surface area contributed by atoms with Crippen LogP contribution in [0.3, 0.4) is 0 Å². The lowest BCUT2D eigenvalue weighted by Crippen LogP contribution is -2.47. The zero-order chi connectivity index (χ0) is 21.2. The second kappa shape index (κ2) is 11.6. The molecule has 0 saturated heterocycles. The normalized spacial score (nSPS) is 13.0. The number of hydrogen-bond acceptors (Lipinski definition) is 5. The lowest BCUT2D eigenvalue weighted by molar-refractivity contribution is -0.127. The molecule has 2 atom stereocenters. The Morgan fingerprint density at radius 1 is 1.10 bits per heavy atom. The smallest absolute Gasteiger partial charge is 0.249 e. The van der Waals surface area contributed by atoms with Crippen LogP contribution in [0.15, 0.2) is 24.3 Å². The minimum atomic E-state index is -0.628. The number of rotatable bonds is 11. The fourth-order valence-corrected chi connectivity index (χ4v) is 3.58. The molecule has 0 unspecified atom stereocenters. The van der Waals surface area contributed by atoms with Gasteiger partial charge in [0.2, 0.25) is 16.9 Å². The van der Waals surface area contributed by atoms with Crippen molar-refractivity contribution in [2.45, 2.75) is 65.3 Å². The van der Waals surface area contributed by atoms with Crippen molar-refractivity contribution in [2.75, 3.05) is 5.32 Å². The van der Waals surface area contributed by atoms with Crippen molar-refractivity contribution in [1.29, 1.82) is 0 Å². The molecule has 1 heterocycles. The number of nitrogens with one attached hydrogen (secondary N) is 2. The highest BCUT2D eigenvalue weighted by atomic mass is 32.1. The van der Waals surface area contributed by atoms with Crippen molar-refractivity contribution < 1.29 is 14.0 Å². The Labute approximate surface area is 175 Å². The van der Waals surface area contributed by atoms with Gasteiger partial charge in [0.05, 0.1) is 0 Å². The van der Waals surface area contributed by atoms with Gasteiger partial charge in [-0.2, -0.15) is 0 Å². The second-order valence-electron chi connectivity index (χ2n) is 7.15. The van der Waals surface area contributed by atoms with E-state index in [4.69, 9.17) is 0 Å². The molecule has 8 heteroatoms. The van der Waals surface area contributed by atoms with Crippen LogP contribution in [0.1, 0.15) is 59.3 Å². The molecule has 0 aliphatic rings. The summed E-state index contributed by atoms with van der Waals surface area (Å²) < 4.78 is 13.1. The van der Waals surface area contributed by atoms with Gasteiger partial charge in [-0.1, -0.05) is 57.8 Å². The van der Waals surface area contributed by atoms with E-state index in [1.807, 2.05) is 13.8 Å². The van der Waals surface area contributed by atoms with E-state index in [9.17, 15) is 14.0 Å². The zero-order valence-corrected chi connectivity index (χ0v) is 18.0. The summed E-state index contributed by atoms with van der Waals surface area (Å²) in [4.78, 5) is 25.0. The average Bonchev–Trinajstić information content (AvgIpc) is 3.17. The molecule has 2 N–H and O–H groups in total. The number of carbonyl (C=O) groups is 2. The van der Waals surface area contributed by atoms with Crippen LogP contribution < -0.4 is 10.6 Å². The number of aromatic nitrogens is 2. The summed E-state index contributed by atoms with van der Waals surface area (Å²) in [6.07, 6.45) is 5.24. The predicted molar refractivity (Wildman–Crippen MR) is 114 cm³/mol. The van der Waals surface area contributed by atoms with E-state index in [2.05, 4.69) is 27.8 Å². The van der Waals surface area contributed by atoms with Gasteiger partial charge in [0, 0.05) is 12.0 Å². The number of unbranched alkanes of at least 4 members (excludes halogenated alkanes) is 3. The first-order chi connectivity index (χ1) is 13.9. The number of halogens is 1. The number of anilines is 1. The van der Waals surface area contributed by atoms with Gasteiger partial charge in [-0.05, 0) is 36.6 Å². The maximum atomic E-state index is 13.1. The van der Waals surface area contributed by atoms with Crippen LogP contribution in [0.4, 0.5) is 9.52 Å². The Kier molecular flexibility index (Phi) is 9.18. The van der Waals surface area contributed by atoms with E-state index in [1.54, 1.807) is 12.1 Å². The van der Waals surface area contributed by atoms with Gasteiger partial charge >= 0.3 is 0 Å². The third kappa shape index (κ3) is 7.20. The molecule has 2 amide bonds. The highest BCUT2D eigenvalue weighted by Crippen LogP contribution is 2.26. The number of hydrogen-bond donors (Lipinski definition) is 2. The summed E-state index contributed by atoms with van der Waals surface area (Å²) in [5.41, 5.74) is 0.725. The second-order valence-corrected chi connectivity index (χ2v) is 8.13. The number of carbonyl (C=O) groups excluding carboxylic acids is 2. The maximum Gasteiger partial charge on any atom is 0.249 e. The summed E-state index contributed by atoms with van der Waals surface area (Å²) in [5.74, 6) is -0.749. The standard InChI is InChI=1S/C21H29FN4O2S/c1-4-6-7-8-9-17(27)23-18(14(3)5-2)19(28)24-21-26-25-20(29-21)15-10-12-16(22)13-11-15/h10-14,18H,4-9H2,1-3H3,(H,23,27)(H,24,26,28)/t14-,18-/m1/s1. The first kappa shape index (κ1) is 22.9. The van der Waals surface area contributed by atoms with Crippen molar-refractivity contribution in [1.82, 2.24) is 15.5 Å². The van der Waals surface area contributed by atoms with E-state index in [-0.39, 0.29) is 23.5 Å². The number of benzene rings is 1. The summed E-state index contributed by atoms with van der Waals surface area (Å²) in [6.45, 7) is 6.04. The molecule has 0 spiro atoms. The lowest BCUT2D eigenvalue weighted by atomic mass is 9.98. The topological polar surface area (TPSA) is 84.0 Å². The van der Waals surface area contributed by atoms with Crippen molar-refractivity contribution in [3.8, 4) is 10.6 Å². The van der Waals surface area contributed by atoms with Gasteiger partial charge in [0.15, 0.2) is 0 Å². The Morgan fingerprint density at radius 3 is 2.48 bits per heavy atom. The third-order valence-corrected chi connectivity index (χ3v) is 5.70. The maximum absolute atomic E-state index is 13.1. The summed E-state index contributed by atoms with van der Waals surface area (Å²) in [7, 11) is 0. The highest BCUT2D eigenvalue weighted by molar-refractivity contribution is 7.18. The van der Waals surface area contributed by atoms with E-state index < -0.39 is 6.04 Å². The summed E-state index contributed by atoms with van der Waals surface area (Å²) in [5, 5.41) is 14.6. The first-order valence-corrected chi connectivity index (χ1v) is 11.0. The molecule has 0 bridgehead atoms. The summed E-state index contributed by atoms with van der Waals surface area (Å²) in [6, 6.07) is 5.30. The van der Waals surface area contributed by atoms with Gasteiger partial charge in [-0.25, -0.2) is 4.39 Å². The molecule has 0 fully saturated rings. The molecule has 158 valence electrons. The van der Waals surface area contributed by atoms with Crippen molar-refractivity contribution in [2.24, 2.45) is 5.92 Å². The van der Waals surface area contributed by atoms with Crippen molar-refractivity contribution >= 4 is 28.3 Å². The molecule has 0 aliphatic carbocycles. The van der Waals surface area contributed by atoms with Crippen LogP contribution in [0.25, 0.3) is 10.6 Å². The molecule has 2 rings (SSSR count). The molecule has 6 nitrogen and oxygen atoms in total. The SMILES string of the molecule is CCCCCCC(=O)N[C@@H](C(=O)Nc1nnc(-c2ccc(F)cc2)s1)[C@H](C)CC. The monoisotopic (exact) mass is 420 g/mol. The van der Waals surface area contributed by atoms with E-state index in [0.717, 1.165) is 37.7 Å². The molecule has 1 aromatic carbocycles. The van der Waals surface area contributed by atoms with Gasteiger partial charge in [-0.15, -0.1) is 10.2 Å². The van der Waals surface area contributed by atoms with Crippen molar-refractivity contribution in [3.05, 3.63) is 30.1 Å². The number of amides is 2. The average molecular weight is 421 g/mol. The minimum Gasteiger partial charge on any atom is -0.344 e. The molecule has 0 aliphatic heterocycles. The minimum absolute atomic E-state index is 0.0147. The molecule has 1 aromatic heterocycles. The Bertz CT molecular complexity index is 794. The third-order valence-electron chi connectivity index (χ3n) is 4.82. The molecule has 2 aromatic rings. The van der Waals surface area contributed by atoms with Crippen LogP contribution in [-0.4, -0.2) is 28.1 Å². The van der Waals surface area contributed by atoms with Crippen LogP contribution in [-0.2, 0) is 9.59 Å².